The average Bonchev–Trinajstić information content (AvgIpc) is 2.42. The lowest BCUT2D eigenvalue weighted by Crippen LogP contribution is -2.23. The summed E-state index contributed by atoms with van der Waals surface area (Å²) in [5, 5.41) is 4.45. The van der Waals surface area contributed by atoms with Crippen LogP contribution in [0.3, 0.4) is 0 Å². The normalized spacial score (nSPS) is 12.4. The summed E-state index contributed by atoms with van der Waals surface area (Å²) in [7, 11) is 0. The van der Waals surface area contributed by atoms with Crippen molar-refractivity contribution in [1.29, 1.82) is 0 Å². The second kappa shape index (κ2) is 7.07. The SMILES string of the molecule is CCNC(Cc1ccc(Cl)c(Cl)c1)c1cccc(F)c1. The molecule has 1 atom stereocenters. The number of likely N-dealkylation sites (N-methyl/N-ethyl adjacent to an activating group) is 1. The molecule has 0 aliphatic carbocycles. The van der Waals surface area contributed by atoms with E-state index in [9.17, 15) is 4.39 Å². The fourth-order valence-corrected chi connectivity index (χ4v) is 2.50. The minimum Gasteiger partial charge on any atom is -0.310 e. The molecule has 2 aromatic rings. The maximum absolute atomic E-state index is 13.4. The molecule has 4 heteroatoms. The van der Waals surface area contributed by atoms with Gasteiger partial charge in [-0.05, 0) is 48.4 Å². The van der Waals surface area contributed by atoms with Crippen LogP contribution in [-0.4, -0.2) is 6.54 Å². The third-order valence-electron chi connectivity index (χ3n) is 3.13. The van der Waals surface area contributed by atoms with Crippen molar-refractivity contribution in [2.24, 2.45) is 0 Å². The van der Waals surface area contributed by atoms with E-state index in [1.165, 1.54) is 6.07 Å². The Morgan fingerprint density at radius 1 is 1.10 bits per heavy atom. The van der Waals surface area contributed by atoms with Gasteiger partial charge in [-0.1, -0.05) is 48.3 Å². The third kappa shape index (κ3) is 3.95. The van der Waals surface area contributed by atoms with E-state index in [2.05, 4.69) is 5.32 Å². The summed E-state index contributed by atoms with van der Waals surface area (Å²) in [6, 6.07) is 12.3. The molecule has 0 aliphatic heterocycles. The maximum atomic E-state index is 13.4. The predicted octanol–water partition coefficient (Wildman–Crippen LogP) is 5.03. The van der Waals surface area contributed by atoms with E-state index in [0.29, 0.717) is 10.0 Å². The van der Waals surface area contributed by atoms with Gasteiger partial charge in [0.15, 0.2) is 0 Å². The zero-order chi connectivity index (χ0) is 14.5. The van der Waals surface area contributed by atoms with E-state index in [-0.39, 0.29) is 11.9 Å². The van der Waals surface area contributed by atoms with Crippen molar-refractivity contribution in [3.05, 3.63) is 69.5 Å². The second-order valence-electron chi connectivity index (χ2n) is 4.62. The Kier molecular flexibility index (Phi) is 5.41. The fraction of sp³-hybridized carbons (Fsp3) is 0.250. The molecule has 2 aromatic carbocycles. The largest absolute Gasteiger partial charge is 0.310 e. The summed E-state index contributed by atoms with van der Waals surface area (Å²) in [4.78, 5) is 0. The summed E-state index contributed by atoms with van der Waals surface area (Å²) < 4.78 is 13.4. The van der Waals surface area contributed by atoms with Crippen LogP contribution in [0.2, 0.25) is 10.0 Å². The molecule has 0 spiro atoms. The van der Waals surface area contributed by atoms with Crippen molar-refractivity contribution in [2.75, 3.05) is 6.54 Å². The first kappa shape index (κ1) is 15.3. The number of halogens is 3. The maximum Gasteiger partial charge on any atom is 0.123 e. The van der Waals surface area contributed by atoms with Gasteiger partial charge in [0.1, 0.15) is 5.82 Å². The van der Waals surface area contributed by atoms with Gasteiger partial charge in [0.2, 0.25) is 0 Å². The Morgan fingerprint density at radius 3 is 2.55 bits per heavy atom. The van der Waals surface area contributed by atoms with Crippen molar-refractivity contribution >= 4 is 23.2 Å². The molecular formula is C16H16Cl2FN. The smallest absolute Gasteiger partial charge is 0.123 e. The van der Waals surface area contributed by atoms with Crippen LogP contribution < -0.4 is 5.32 Å². The van der Waals surface area contributed by atoms with Gasteiger partial charge < -0.3 is 5.32 Å². The molecule has 0 aromatic heterocycles. The van der Waals surface area contributed by atoms with Gasteiger partial charge >= 0.3 is 0 Å². The Hall–Kier alpha value is -1.09. The first-order valence-corrected chi connectivity index (χ1v) is 7.28. The molecule has 0 saturated heterocycles. The standard InChI is InChI=1S/C16H16Cl2FN/c1-2-20-16(12-4-3-5-13(19)10-12)9-11-6-7-14(17)15(18)8-11/h3-8,10,16,20H,2,9H2,1H3. The molecule has 106 valence electrons. The molecule has 20 heavy (non-hydrogen) atoms. The van der Waals surface area contributed by atoms with Gasteiger partial charge in [0.25, 0.3) is 0 Å². The minimum absolute atomic E-state index is 0.0490. The summed E-state index contributed by atoms with van der Waals surface area (Å²) in [6.45, 7) is 2.84. The van der Waals surface area contributed by atoms with Crippen LogP contribution >= 0.6 is 23.2 Å². The van der Waals surface area contributed by atoms with Crippen molar-refractivity contribution in [3.63, 3.8) is 0 Å². The van der Waals surface area contributed by atoms with Gasteiger partial charge in [0.05, 0.1) is 10.0 Å². The Balaban J connectivity index is 2.22. The lowest BCUT2D eigenvalue weighted by Gasteiger charge is -2.19. The van der Waals surface area contributed by atoms with Crippen LogP contribution in [0.25, 0.3) is 0 Å². The number of rotatable bonds is 5. The van der Waals surface area contributed by atoms with Crippen molar-refractivity contribution in [1.82, 2.24) is 5.32 Å². The topological polar surface area (TPSA) is 12.0 Å². The molecule has 1 unspecified atom stereocenters. The predicted molar refractivity (Wildman–Crippen MR) is 83.0 cm³/mol. The lowest BCUT2D eigenvalue weighted by molar-refractivity contribution is 0.543. The molecule has 0 saturated carbocycles. The highest BCUT2D eigenvalue weighted by Gasteiger charge is 2.12. The first-order chi connectivity index (χ1) is 9.60. The summed E-state index contributed by atoms with van der Waals surface area (Å²) in [5.74, 6) is -0.223. The molecule has 0 amide bonds. The number of nitrogens with one attached hydrogen (secondary N) is 1. The summed E-state index contributed by atoms with van der Waals surface area (Å²) >= 11 is 12.0. The van der Waals surface area contributed by atoms with Crippen molar-refractivity contribution < 1.29 is 4.39 Å². The van der Waals surface area contributed by atoms with Crippen molar-refractivity contribution in [2.45, 2.75) is 19.4 Å². The zero-order valence-corrected chi connectivity index (χ0v) is 12.7. The molecule has 1 nitrogen and oxygen atoms in total. The van der Waals surface area contributed by atoms with E-state index in [1.54, 1.807) is 18.2 Å². The Morgan fingerprint density at radius 2 is 1.90 bits per heavy atom. The minimum atomic E-state index is -0.223. The van der Waals surface area contributed by atoms with E-state index < -0.39 is 0 Å². The molecule has 0 aliphatic rings. The van der Waals surface area contributed by atoms with Crippen LogP contribution in [0.1, 0.15) is 24.1 Å². The van der Waals surface area contributed by atoms with Crippen LogP contribution in [0.15, 0.2) is 42.5 Å². The van der Waals surface area contributed by atoms with Crippen LogP contribution in [-0.2, 0) is 6.42 Å². The molecular weight excluding hydrogens is 296 g/mol. The molecule has 1 N–H and O–H groups in total. The van der Waals surface area contributed by atoms with Gasteiger partial charge in [-0.2, -0.15) is 0 Å². The summed E-state index contributed by atoms with van der Waals surface area (Å²) in [6.07, 6.45) is 0.730. The number of benzene rings is 2. The van der Waals surface area contributed by atoms with E-state index in [0.717, 1.165) is 24.1 Å². The third-order valence-corrected chi connectivity index (χ3v) is 3.86. The Bertz CT molecular complexity index is 586. The van der Waals surface area contributed by atoms with Gasteiger partial charge in [-0.15, -0.1) is 0 Å². The van der Waals surface area contributed by atoms with Gasteiger partial charge in [-0.25, -0.2) is 4.39 Å². The summed E-state index contributed by atoms with van der Waals surface area (Å²) in [5.41, 5.74) is 1.99. The number of hydrogen-bond acceptors (Lipinski definition) is 1. The quantitative estimate of drug-likeness (QED) is 0.817. The Labute approximate surface area is 128 Å². The first-order valence-electron chi connectivity index (χ1n) is 6.53. The highest BCUT2D eigenvalue weighted by molar-refractivity contribution is 6.42. The van der Waals surface area contributed by atoms with E-state index in [1.807, 2.05) is 25.1 Å². The molecule has 0 fully saturated rings. The zero-order valence-electron chi connectivity index (χ0n) is 11.2. The van der Waals surface area contributed by atoms with Crippen LogP contribution in [0, 0.1) is 5.82 Å². The monoisotopic (exact) mass is 311 g/mol. The number of hydrogen-bond donors (Lipinski definition) is 1. The van der Waals surface area contributed by atoms with Crippen LogP contribution in [0.4, 0.5) is 4.39 Å². The average molecular weight is 312 g/mol. The van der Waals surface area contributed by atoms with Gasteiger partial charge in [0, 0.05) is 6.04 Å². The molecule has 0 heterocycles. The molecule has 0 radical (unpaired) electrons. The van der Waals surface area contributed by atoms with E-state index >= 15 is 0 Å². The molecule has 2 rings (SSSR count). The second-order valence-corrected chi connectivity index (χ2v) is 5.43. The highest BCUT2D eigenvalue weighted by Crippen LogP contribution is 2.26. The van der Waals surface area contributed by atoms with Crippen molar-refractivity contribution in [3.8, 4) is 0 Å². The highest BCUT2D eigenvalue weighted by atomic mass is 35.5. The van der Waals surface area contributed by atoms with Gasteiger partial charge in [-0.3, -0.25) is 0 Å². The van der Waals surface area contributed by atoms with Crippen LogP contribution in [0.5, 0.6) is 0 Å². The lowest BCUT2D eigenvalue weighted by atomic mass is 9.98. The fourth-order valence-electron chi connectivity index (χ4n) is 2.18. The van der Waals surface area contributed by atoms with E-state index in [4.69, 9.17) is 23.2 Å². The molecule has 0 bridgehead atoms.